The van der Waals surface area contributed by atoms with Crippen molar-refractivity contribution in [1.82, 2.24) is 4.90 Å². The number of rotatable bonds is 2. The summed E-state index contributed by atoms with van der Waals surface area (Å²) in [5.74, 6) is -0.0379. The van der Waals surface area contributed by atoms with Crippen molar-refractivity contribution >= 4 is 34.3 Å². The summed E-state index contributed by atoms with van der Waals surface area (Å²) in [6, 6.07) is 7.96. The molecule has 1 aliphatic rings. The van der Waals surface area contributed by atoms with Crippen LogP contribution < -0.4 is 0 Å². The van der Waals surface area contributed by atoms with Crippen molar-refractivity contribution in [3.8, 4) is 0 Å². The number of hydrogen-bond donors (Lipinski definition) is 0. The van der Waals surface area contributed by atoms with E-state index in [1.54, 1.807) is 4.90 Å². The van der Waals surface area contributed by atoms with Crippen molar-refractivity contribution in [2.24, 2.45) is 0 Å². The molecule has 1 amide bonds. The van der Waals surface area contributed by atoms with Crippen LogP contribution in [0, 0.1) is 3.57 Å². The van der Waals surface area contributed by atoms with E-state index in [-0.39, 0.29) is 24.7 Å². The van der Waals surface area contributed by atoms with Crippen LogP contribution in [-0.2, 0) is 16.1 Å². The maximum absolute atomic E-state index is 11.4. The molecular formula is C11H10INO2. The molecule has 0 spiro atoms. The van der Waals surface area contributed by atoms with Crippen molar-refractivity contribution in [1.29, 1.82) is 0 Å². The fourth-order valence-electron chi connectivity index (χ4n) is 1.59. The Morgan fingerprint density at radius 1 is 1.20 bits per heavy atom. The first-order valence-corrected chi connectivity index (χ1v) is 5.77. The second-order valence-electron chi connectivity index (χ2n) is 3.59. The molecule has 1 aromatic carbocycles. The molecule has 0 unspecified atom stereocenters. The van der Waals surface area contributed by atoms with E-state index in [2.05, 4.69) is 22.6 Å². The lowest BCUT2D eigenvalue weighted by atomic mass is 10.2. The molecule has 0 aliphatic carbocycles. The second-order valence-corrected chi connectivity index (χ2v) is 4.84. The van der Waals surface area contributed by atoms with E-state index in [0.29, 0.717) is 6.54 Å². The molecule has 0 N–H and O–H groups in total. The summed E-state index contributed by atoms with van der Waals surface area (Å²) in [6.07, 6.45) is 0.0738. The molecule has 0 aromatic heterocycles. The van der Waals surface area contributed by atoms with Gasteiger partial charge in [0.15, 0.2) is 5.78 Å². The Hall–Kier alpha value is -0.910. The zero-order valence-corrected chi connectivity index (χ0v) is 10.2. The number of halogens is 1. The Morgan fingerprint density at radius 2 is 1.87 bits per heavy atom. The summed E-state index contributed by atoms with van der Waals surface area (Å²) in [6.45, 7) is 0.812. The van der Waals surface area contributed by atoms with Crippen LogP contribution in [0.15, 0.2) is 24.3 Å². The predicted molar refractivity (Wildman–Crippen MR) is 64.2 cm³/mol. The lowest BCUT2D eigenvalue weighted by Crippen LogP contribution is -2.24. The van der Waals surface area contributed by atoms with Gasteiger partial charge in [0, 0.05) is 10.1 Å². The van der Waals surface area contributed by atoms with Crippen LogP contribution in [0.3, 0.4) is 0 Å². The molecule has 1 fully saturated rings. The maximum atomic E-state index is 11.4. The van der Waals surface area contributed by atoms with Crippen LogP contribution in [0.4, 0.5) is 0 Å². The van der Waals surface area contributed by atoms with Gasteiger partial charge in [-0.2, -0.15) is 0 Å². The highest BCUT2D eigenvalue weighted by Crippen LogP contribution is 2.13. The van der Waals surface area contributed by atoms with E-state index in [0.717, 1.165) is 5.56 Å². The smallest absolute Gasteiger partial charge is 0.230 e. The van der Waals surface area contributed by atoms with Gasteiger partial charge in [0.1, 0.15) is 0 Å². The Labute approximate surface area is 102 Å². The molecule has 1 aromatic rings. The number of hydrogen-bond acceptors (Lipinski definition) is 2. The quantitative estimate of drug-likeness (QED) is 0.614. The Morgan fingerprint density at radius 3 is 2.40 bits per heavy atom. The number of benzene rings is 1. The van der Waals surface area contributed by atoms with Gasteiger partial charge >= 0.3 is 0 Å². The molecular weight excluding hydrogens is 305 g/mol. The van der Waals surface area contributed by atoms with E-state index in [4.69, 9.17) is 0 Å². The Balaban J connectivity index is 2.06. The Bertz CT molecular complexity index is 400. The number of carbonyl (C=O) groups excluding carboxylic acids is 2. The number of nitrogens with zero attached hydrogens (tertiary/aromatic N) is 1. The molecule has 1 heterocycles. The third kappa shape index (κ3) is 2.56. The summed E-state index contributed by atoms with van der Waals surface area (Å²) in [4.78, 5) is 24.0. The van der Waals surface area contributed by atoms with Crippen molar-refractivity contribution in [2.45, 2.75) is 13.0 Å². The summed E-state index contributed by atoms with van der Waals surface area (Å²) >= 11 is 2.23. The fraction of sp³-hybridized carbons (Fsp3) is 0.273. The summed E-state index contributed by atoms with van der Waals surface area (Å²) < 4.78 is 1.17. The molecule has 1 saturated heterocycles. The average Bonchev–Trinajstić information content (AvgIpc) is 2.49. The van der Waals surface area contributed by atoms with Gasteiger partial charge in [-0.25, -0.2) is 0 Å². The monoisotopic (exact) mass is 315 g/mol. The minimum absolute atomic E-state index is 0.0190. The molecule has 0 atom stereocenters. The molecule has 1 aliphatic heterocycles. The zero-order chi connectivity index (χ0) is 10.8. The maximum Gasteiger partial charge on any atom is 0.230 e. The second kappa shape index (κ2) is 4.30. The molecule has 2 rings (SSSR count). The van der Waals surface area contributed by atoms with E-state index in [9.17, 15) is 9.59 Å². The van der Waals surface area contributed by atoms with Crippen molar-refractivity contribution in [3.63, 3.8) is 0 Å². The van der Waals surface area contributed by atoms with E-state index < -0.39 is 0 Å². The van der Waals surface area contributed by atoms with Crippen molar-refractivity contribution in [2.75, 3.05) is 6.54 Å². The number of likely N-dealkylation sites (tertiary alicyclic amines) is 1. The van der Waals surface area contributed by atoms with Gasteiger partial charge < -0.3 is 4.90 Å². The topological polar surface area (TPSA) is 37.4 Å². The van der Waals surface area contributed by atoms with Gasteiger partial charge in [0.25, 0.3) is 0 Å². The Kier molecular flexibility index (Phi) is 3.04. The van der Waals surface area contributed by atoms with E-state index >= 15 is 0 Å². The third-order valence-electron chi connectivity index (χ3n) is 2.36. The first kappa shape index (κ1) is 10.6. The number of carbonyl (C=O) groups is 2. The number of Topliss-reactive ketones (excluding diaryl/α,β-unsaturated/α-hetero) is 1. The minimum Gasteiger partial charge on any atom is -0.331 e. The zero-order valence-electron chi connectivity index (χ0n) is 8.07. The normalized spacial score (nSPS) is 16.2. The van der Waals surface area contributed by atoms with Crippen LogP contribution >= 0.6 is 22.6 Å². The van der Waals surface area contributed by atoms with E-state index in [1.807, 2.05) is 24.3 Å². The first-order chi connectivity index (χ1) is 7.15. The molecule has 78 valence electrons. The van der Waals surface area contributed by atoms with Crippen LogP contribution in [0.25, 0.3) is 0 Å². The summed E-state index contributed by atoms with van der Waals surface area (Å²) in [5, 5.41) is 0. The predicted octanol–water partition coefficient (Wildman–Crippen LogP) is 1.59. The number of ketones is 1. The van der Waals surface area contributed by atoms with Gasteiger partial charge in [-0.15, -0.1) is 0 Å². The molecule has 4 heteroatoms. The third-order valence-corrected chi connectivity index (χ3v) is 3.07. The lowest BCUT2D eigenvalue weighted by molar-refractivity contribution is -0.128. The standard InChI is InChI=1S/C11H10INO2/c12-9-3-1-8(2-4-9)6-13-7-10(14)5-11(13)15/h1-4H,5-7H2. The highest BCUT2D eigenvalue weighted by Gasteiger charge is 2.26. The molecule has 0 saturated carbocycles. The van der Waals surface area contributed by atoms with Crippen LogP contribution in [-0.4, -0.2) is 23.1 Å². The molecule has 3 nitrogen and oxygen atoms in total. The highest BCUT2D eigenvalue weighted by atomic mass is 127. The first-order valence-electron chi connectivity index (χ1n) is 4.69. The van der Waals surface area contributed by atoms with Gasteiger partial charge in [-0.1, -0.05) is 12.1 Å². The van der Waals surface area contributed by atoms with Crippen LogP contribution in [0.1, 0.15) is 12.0 Å². The van der Waals surface area contributed by atoms with Crippen molar-refractivity contribution < 1.29 is 9.59 Å². The summed E-state index contributed by atoms with van der Waals surface area (Å²) in [7, 11) is 0. The average molecular weight is 315 g/mol. The van der Waals surface area contributed by atoms with Crippen molar-refractivity contribution in [3.05, 3.63) is 33.4 Å². The fourth-order valence-corrected chi connectivity index (χ4v) is 1.95. The SMILES string of the molecule is O=C1CC(=O)N(Cc2ccc(I)cc2)C1. The van der Waals surface area contributed by atoms with Crippen LogP contribution in [0.5, 0.6) is 0 Å². The number of amides is 1. The molecule has 0 radical (unpaired) electrons. The minimum atomic E-state index is -0.0569. The molecule has 15 heavy (non-hydrogen) atoms. The van der Waals surface area contributed by atoms with Gasteiger partial charge in [-0.3, -0.25) is 9.59 Å². The van der Waals surface area contributed by atoms with E-state index in [1.165, 1.54) is 3.57 Å². The molecule has 0 bridgehead atoms. The summed E-state index contributed by atoms with van der Waals surface area (Å²) in [5.41, 5.74) is 1.07. The van der Waals surface area contributed by atoms with Gasteiger partial charge in [-0.05, 0) is 40.3 Å². The van der Waals surface area contributed by atoms with Crippen LogP contribution in [0.2, 0.25) is 0 Å². The highest BCUT2D eigenvalue weighted by molar-refractivity contribution is 14.1. The van der Waals surface area contributed by atoms with Gasteiger partial charge in [0.2, 0.25) is 5.91 Å². The largest absolute Gasteiger partial charge is 0.331 e. The van der Waals surface area contributed by atoms with Gasteiger partial charge in [0.05, 0.1) is 13.0 Å². The lowest BCUT2D eigenvalue weighted by Gasteiger charge is -2.14.